The molecule has 0 unspecified atom stereocenters. The molecule has 0 aromatic heterocycles. The van der Waals surface area contributed by atoms with Gasteiger partial charge in [0.25, 0.3) is 5.69 Å². The van der Waals surface area contributed by atoms with Crippen LogP contribution in [0.15, 0.2) is 54.1 Å². The van der Waals surface area contributed by atoms with Crippen LogP contribution in [0.5, 0.6) is 5.75 Å². The molecule has 0 N–H and O–H groups in total. The van der Waals surface area contributed by atoms with Gasteiger partial charge in [-0.3, -0.25) is 14.9 Å². The number of ether oxygens (including phenoxy) is 2. The molecule has 0 aliphatic rings. The maximum Gasteiger partial charge on any atom is 0.344 e. The highest BCUT2D eigenvalue weighted by atomic mass is 16.6. The molecule has 0 radical (unpaired) electrons. The first kappa shape index (κ1) is 20.3. The van der Waals surface area contributed by atoms with Gasteiger partial charge in [0.1, 0.15) is 17.4 Å². The molecule has 8 heteroatoms. The Hall–Kier alpha value is -3.99. The normalized spacial score (nSPS) is 10.6. The van der Waals surface area contributed by atoms with Crippen LogP contribution in [0.1, 0.15) is 22.8 Å². The molecule has 0 aliphatic carbocycles. The van der Waals surface area contributed by atoms with Crippen LogP contribution < -0.4 is 4.74 Å². The lowest BCUT2D eigenvalue weighted by Gasteiger charge is -2.09. The zero-order chi connectivity index (χ0) is 20.5. The number of ketones is 1. The Morgan fingerprint density at radius 3 is 2.64 bits per heavy atom. The molecule has 28 heavy (non-hydrogen) atoms. The number of carbonyl (C=O) groups is 2. The molecule has 8 nitrogen and oxygen atoms in total. The molecule has 2 aromatic rings. The first-order valence-electron chi connectivity index (χ1n) is 8.24. The lowest BCUT2D eigenvalue weighted by atomic mass is 10.0. The van der Waals surface area contributed by atoms with Gasteiger partial charge < -0.3 is 9.47 Å². The van der Waals surface area contributed by atoms with Crippen molar-refractivity contribution < 1.29 is 24.0 Å². The van der Waals surface area contributed by atoms with Crippen LogP contribution in [-0.4, -0.2) is 29.9 Å². The van der Waals surface area contributed by atoms with Crippen LogP contribution in [0, 0.1) is 21.4 Å². The third kappa shape index (κ3) is 5.25. The van der Waals surface area contributed by atoms with Gasteiger partial charge in [0.15, 0.2) is 6.61 Å². The van der Waals surface area contributed by atoms with Crippen LogP contribution in [-0.2, 0) is 9.53 Å². The van der Waals surface area contributed by atoms with E-state index >= 15 is 0 Å². The van der Waals surface area contributed by atoms with E-state index in [0.717, 1.165) is 6.07 Å². The van der Waals surface area contributed by atoms with Gasteiger partial charge in [-0.25, -0.2) is 4.79 Å². The Balaban J connectivity index is 2.31. The minimum Gasteiger partial charge on any atom is -0.481 e. The van der Waals surface area contributed by atoms with Gasteiger partial charge in [0, 0.05) is 23.3 Å². The highest BCUT2D eigenvalue weighted by molar-refractivity contribution is 6.14. The number of rotatable bonds is 8. The maximum absolute atomic E-state index is 12.6. The van der Waals surface area contributed by atoms with Crippen LogP contribution >= 0.6 is 0 Å². The number of hydrogen-bond donors (Lipinski definition) is 0. The molecule has 0 fully saturated rings. The highest BCUT2D eigenvalue weighted by Crippen LogP contribution is 2.23. The number of esters is 1. The number of nitriles is 1. The standard InChI is InChI=1S/C20H16N2O6/c1-2-27-19(23)13-28-18-9-4-3-6-14(18)10-16(12-21)20(24)15-7-5-8-17(11-15)22(25)26/h3-11H,2,13H2,1H3. The van der Waals surface area contributed by atoms with Gasteiger partial charge in [-0.1, -0.05) is 30.3 Å². The molecule has 0 saturated heterocycles. The Morgan fingerprint density at radius 1 is 1.21 bits per heavy atom. The smallest absolute Gasteiger partial charge is 0.344 e. The van der Waals surface area contributed by atoms with Crippen molar-refractivity contribution >= 4 is 23.5 Å². The van der Waals surface area contributed by atoms with E-state index in [2.05, 4.69) is 0 Å². The van der Waals surface area contributed by atoms with Crippen LogP contribution in [0.2, 0.25) is 0 Å². The summed E-state index contributed by atoms with van der Waals surface area (Å²) in [5, 5.41) is 20.3. The van der Waals surface area contributed by atoms with Gasteiger partial charge in [-0.05, 0) is 19.1 Å². The molecule has 0 spiro atoms. The number of benzene rings is 2. The Morgan fingerprint density at radius 2 is 1.96 bits per heavy atom. The number of nitro benzene ring substituents is 1. The molecule has 0 heterocycles. The Bertz CT molecular complexity index is 975. The van der Waals surface area contributed by atoms with Crippen LogP contribution in [0.25, 0.3) is 6.08 Å². The number of hydrogen-bond acceptors (Lipinski definition) is 7. The molecule has 2 aromatic carbocycles. The summed E-state index contributed by atoms with van der Waals surface area (Å²) in [4.78, 5) is 34.3. The van der Waals surface area contributed by atoms with E-state index in [-0.39, 0.29) is 35.8 Å². The quantitative estimate of drug-likeness (QED) is 0.172. The molecule has 0 amide bonds. The third-order valence-electron chi connectivity index (χ3n) is 3.55. The molecule has 2 rings (SSSR count). The zero-order valence-corrected chi connectivity index (χ0v) is 15.0. The number of Topliss-reactive ketones (excluding diaryl/α,β-unsaturated/α-hetero) is 1. The fourth-order valence-corrected chi connectivity index (χ4v) is 2.29. The molecule has 0 saturated carbocycles. The van der Waals surface area contributed by atoms with E-state index in [9.17, 15) is 25.0 Å². The molecular formula is C20H16N2O6. The summed E-state index contributed by atoms with van der Waals surface area (Å²) in [5.74, 6) is -0.920. The van der Waals surface area contributed by atoms with Gasteiger partial charge >= 0.3 is 5.97 Å². The van der Waals surface area contributed by atoms with Crippen molar-refractivity contribution in [3.8, 4) is 11.8 Å². The summed E-state index contributed by atoms with van der Waals surface area (Å²) in [7, 11) is 0. The largest absolute Gasteiger partial charge is 0.481 e. The van der Waals surface area contributed by atoms with Crippen molar-refractivity contribution in [3.63, 3.8) is 0 Å². The minimum atomic E-state index is -0.661. The number of nitro groups is 1. The fourth-order valence-electron chi connectivity index (χ4n) is 2.29. The van der Waals surface area contributed by atoms with E-state index in [1.165, 1.54) is 24.3 Å². The Kier molecular flexibility index (Phi) is 6.99. The van der Waals surface area contributed by atoms with E-state index in [0.29, 0.717) is 5.56 Å². The summed E-state index contributed by atoms with van der Waals surface area (Å²) in [6, 6.07) is 13.5. The summed E-state index contributed by atoms with van der Waals surface area (Å²) in [6.07, 6.45) is 1.31. The average Bonchev–Trinajstić information content (AvgIpc) is 2.71. The van der Waals surface area contributed by atoms with Crippen LogP contribution in [0.4, 0.5) is 5.69 Å². The van der Waals surface area contributed by atoms with E-state index in [1.807, 2.05) is 0 Å². The predicted molar refractivity (Wildman–Crippen MR) is 99.6 cm³/mol. The molecule has 0 bridgehead atoms. The SMILES string of the molecule is CCOC(=O)COc1ccccc1C=C(C#N)C(=O)c1cccc([N+](=O)[O-])c1. The number of carbonyl (C=O) groups excluding carboxylic acids is 2. The molecular weight excluding hydrogens is 364 g/mol. The number of para-hydroxylation sites is 1. The van der Waals surface area contributed by atoms with Gasteiger partial charge in [-0.2, -0.15) is 5.26 Å². The summed E-state index contributed by atoms with van der Waals surface area (Å²) in [6.45, 7) is 1.58. The minimum absolute atomic E-state index is 0.0203. The first-order valence-corrected chi connectivity index (χ1v) is 8.24. The lowest BCUT2D eigenvalue weighted by molar-refractivity contribution is -0.384. The predicted octanol–water partition coefficient (Wildman–Crippen LogP) is 3.33. The highest BCUT2D eigenvalue weighted by Gasteiger charge is 2.16. The maximum atomic E-state index is 12.6. The summed E-state index contributed by atoms with van der Waals surface area (Å²) >= 11 is 0. The zero-order valence-electron chi connectivity index (χ0n) is 15.0. The molecule has 142 valence electrons. The van der Waals surface area contributed by atoms with Gasteiger partial charge in [0.2, 0.25) is 5.78 Å². The average molecular weight is 380 g/mol. The molecule has 0 aliphatic heterocycles. The second-order valence-electron chi connectivity index (χ2n) is 5.44. The summed E-state index contributed by atoms with van der Waals surface area (Å²) < 4.78 is 10.2. The van der Waals surface area contributed by atoms with Gasteiger partial charge in [-0.15, -0.1) is 0 Å². The second-order valence-corrected chi connectivity index (χ2v) is 5.44. The second kappa shape index (κ2) is 9.64. The van der Waals surface area contributed by atoms with Crippen molar-refractivity contribution in [3.05, 3.63) is 75.3 Å². The fraction of sp³-hybridized carbons (Fsp3) is 0.150. The topological polar surface area (TPSA) is 120 Å². The van der Waals surface area contributed by atoms with Crippen molar-refractivity contribution in [1.82, 2.24) is 0 Å². The van der Waals surface area contributed by atoms with E-state index in [1.54, 1.807) is 37.3 Å². The van der Waals surface area contributed by atoms with Crippen molar-refractivity contribution in [2.45, 2.75) is 6.92 Å². The number of allylic oxidation sites excluding steroid dienone is 1. The van der Waals surface area contributed by atoms with Crippen molar-refractivity contribution in [1.29, 1.82) is 5.26 Å². The third-order valence-corrected chi connectivity index (χ3v) is 3.55. The van der Waals surface area contributed by atoms with Crippen LogP contribution in [0.3, 0.4) is 0 Å². The van der Waals surface area contributed by atoms with E-state index < -0.39 is 16.7 Å². The van der Waals surface area contributed by atoms with Crippen molar-refractivity contribution in [2.75, 3.05) is 13.2 Å². The Labute approximate surface area is 160 Å². The van der Waals surface area contributed by atoms with Gasteiger partial charge in [0.05, 0.1) is 11.5 Å². The lowest BCUT2D eigenvalue weighted by Crippen LogP contribution is -2.15. The summed E-state index contributed by atoms with van der Waals surface area (Å²) in [5.41, 5.74) is -0.0527. The number of nitrogens with zero attached hydrogens (tertiary/aromatic N) is 2. The van der Waals surface area contributed by atoms with E-state index in [4.69, 9.17) is 9.47 Å². The molecule has 0 atom stereocenters. The monoisotopic (exact) mass is 380 g/mol. The number of non-ortho nitro benzene ring substituents is 1. The van der Waals surface area contributed by atoms with Crippen molar-refractivity contribution in [2.24, 2.45) is 0 Å². The first-order chi connectivity index (χ1) is 13.5.